The van der Waals surface area contributed by atoms with Crippen LogP contribution in [0.15, 0.2) is 30.3 Å². The highest BCUT2D eigenvalue weighted by atomic mass is 16.3. The van der Waals surface area contributed by atoms with Crippen LogP contribution in [0.3, 0.4) is 0 Å². The predicted octanol–water partition coefficient (Wildman–Crippen LogP) is 1.85. The van der Waals surface area contributed by atoms with Crippen molar-refractivity contribution in [3.63, 3.8) is 0 Å². The van der Waals surface area contributed by atoms with E-state index in [9.17, 15) is 5.11 Å². The van der Waals surface area contributed by atoms with Gasteiger partial charge in [-0.25, -0.2) is 0 Å². The quantitative estimate of drug-likeness (QED) is 0.694. The fourth-order valence-electron chi connectivity index (χ4n) is 1.41. The zero-order valence-electron chi connectivity index (χ0n) is 8.41. The first kappa shape index (κ1) is 10.2. The Hall–Kier alpha value is -0.860. The largest absolute Gasteiger partial charge is 0.372 e. The second-order valence-electron chi connectivity index (χ2n) is 3.74. The van der Waals surface area contributed by atoms with E-state index in [-0.39, 0.29) is 6.04 Å². The van der Waals surface area contributed by atoms with Crippen molar-refractivity contribution in [3.8, 4) is 0 Å². The van der Waals surface area contributed by atoms with E-state index < -0.39 is 5.72 Å². The van der Waals surface area contributed by atoms with Gasteiger partial charge in [0.05, 0.1) is 0 Å². The molecule has 13 heavy (non-hydrogen) atoms. The van der Waals surface area contributed by atoms with Crippen molar-refractivity contribution in [2.75, 3.05) is 0 Å². The third-order valence-corrected chi connectivity index (χ3v) is 1.91. The van der Waals surface area contributed by atoms with Crippen molar-refractivity contribution in [1.82, 2.24) is 5.32 Å². The highest BCUT2D eigenvalue weighted by Crippen LogP contribution is 2.16. The molecule has 2 N–H and O–H groups in total. The van der Waals surface area contributed by atoms with Gasteiger partial charge in [0.1, 0.15) is 5.72 Å². The third-order valence-electron chi connectivity index (χ3n) is 1.91. The molecule has 0 bridgehead atoms. The van der Waals surface area contributed by atoms with Crippen LogP contribution in [0.25, 0.3) is 0 Å². The average molecular weight is 179 g/mol. The number of benzene rings is 1. The molecule has 0 heterocycles. The summed E-state index contributed by atoms with van der Waals surface area (Å²) in [6, 6.07) is 9.87. The molecule has 1 atom stereocenters. The van der Waals surface area contributed by atoms with E-state index in [2.05, 4.69) is 5.32 Å². The normalized spacial score (nSPS) is 15.8. The van der Waals surface area contributed by atoms with Crippen LogP contribution >= 0.6 is 0 Å². The monoisotopic (exact) mass is 179 g/mol. The Balaban J connectivity index is 2.81. The van der Waals surface area contributed by atoms with E-state index in [1.807, 2.05) is 44.2 Å². The molecular formula is C11H17NO. The minimum atomic E-state index is -0.935. The number of rotatable bonds is 3. The van der Waals surface area contributed by atoms with Crippen LogP contribution in [-0.4, -0.2) is 11.1 Å². The molecule has 0 amide bonds. The highest BCUT2D eigenvalue weighted by molar-refractivity contribution is 5.20. The first-order valence-corrected chi connectivity index (χ1v) is 4.58. The van der Waals surface area contributed by atoms with Gasteiger partial charge in [-0.15, -0.1) is 0 Å². The smallest absolute Gasteiger partial charge is 0.139 e. The van der Waals surface area contributed by atoms with Crippen LogP contribution in [0.1, 0.15) is 26.3 Å². The Morgan fingerprint density at radius 3 is 2.23 bits per heavy atom. The van der Waals surface area contributed by atoms with Gasteiger partial charge in [-0.2, -0.15) is 0 Å². The van der Waals surface area contributed by atoms with E-state index in [1.54, 1.807) is 6.92 Å². The molecule has 1 aromatic rings. The molecule has 1 aromatic carbocycles. The molecule has 0 aromatic heterocycles. The molecule has 0 radical (unpaired) electrons. The van der Waals surface area contributed by atoms with Crippen molar-refractivity contribution in [2.24, 2.45) is 0 Å². The molecule has 1 rings (SSSR count). The summed E-state index contributed by atoms with van der Waals surface area (Å²) in [4.78, 5) is 0. The summed E-state index contributed by atoms with van der Waals surface area (Å²) in [5, 5.41) is 13.1. The van der Waals surface area contributed by atoms with Gasteiger partial charge in [-0.05, 0) is 26.3 Å². The van der Waals surface area contributed by atoms with Crippen LogP contribution in [0, 0.1) is 0 Å². The molecule has 0 saturated heterocycles. The maximum absolute atomic E-state index is 10.0. The van der Waals surface area contributed by atoms with Gasteiger partial charge in [0, 0.05) is 6.04 Å². The maximum atomic E-state index is 10.0. The molecule has 1 unspecified atom stereocenters. The van der Waals surface area contributed by atoms with E-state index >= 15 is 0 Å². The summed E-state index contributed by atoms with van der Waals surface area (Å²) in [5.74, 6) is 0. The second-order valence-corrected chi connectivity index (χ2v) is 3.74. The van der Waals surface area contributed by atoms with Crippen molar-refractivity contribution in [2.45, 2.75) is 32.5 Å². The van der Waals surface area contributed by atoms with Crippen LogP contribution in [0.4, 0.5) is 0 Å². The van der Waals surface area contributed by atoms with Crippen molar-refractivity contribution in [1.29, 1.82) is 0 Å². The fourth-order valence-corrected chi connectivity index (χ4v) is 1.41. The summed E-state index contributed by atoms with van der Waals surface area (Å²) >= 11 is 0. The average Bonchev–Trinajstić information content (AvgIpc) is 2.04. The lowest BCUT2D eigenvalue weighted by Crippen LogP contribution is -2.43. The van der Waals surface area contributed by atoms with E-state index in [4.69, 9.17) is 0 Å². The molecule has 2 nitrogen and oxygen atoms in total. The molecule has 2 heteroatoms. The van der Waals surface area contributed by atoms with Crippen LogP contribution in [0.2, 0.25) is 0 Å². The number of hydrogen-bond acceptors (Lipinski definition) is 2. The van der Waals surface area contributed by atoms with Gasteiger partial charge in [-0.1, -0.05) is 30.3 Å². The zero-order chi connectivity index (χ0) is 9.90. The lowest BCUT2D eigenvalue weighted by atomic mass is 10.0. The molecule has 0 saturated carbocycles. The predicted molar refractivity (Wildman–Crippen MR) is 54.3 cm³/mol. The molecular weight excluding hydrogens is 162 g/mol. The Morgan fingerprint density at radius 2 is 1.77 bits per heavy atom. The van der Waals surface area contributed by atoms with E-state index in [1.165, 1.54) is 0 Å². The Morgan fingerprint density at radius 1 is 1.23 bits per heavy atom. The number of hydrogen-bond donors (Lipinski definition) is 2. The minimum Gasteiger partial charge on any atom is -0.372 e. The zero-order valence-corrected chi connectivity index (χ0v) is 8.41. The van der Waals surface area contributed by atoms with Crippen molar-refractivity contribution in [3.05, 3.63) is 35.9 Å². The molecule has 0 aliphatic heterocycles. The van der Waals surface area contributed by atoms with Crippen LogP contribution in [0.5, 0.6) is 0 Å². The second kappa shape index (κ2) is 3.90. The maximum Gasteiger partial charge on any atom is 0.139 e. The van der Waals surface area contributed by atoms with Crippen LogP contribution in [-0.2, 0) is 5.72 Å². The molecule has 0 spiro atoms. The SMILES string of the molecule is CC(C)NC(C)(O)c1ccccc1. The van der Waals surface area contributed by atoms with Crippen molar-refractivity contribution < 1.29 is 5.11 Å². The molecule has 72 valence electrons. The van der Waals surface area contributed by atoms with Gasteiger partial charge >= 0.3 is 0 Å². The van der Waals surface area contributed by atoms with Crippen molar-refractivity contribution >= 4 is 0 Å². The minimum absolute atomic E-state index is 0.259. The summed E-state index contributed by atoms with van der Waals surface area (Å²) in [6.45, 7) is 5.79. The van der Waals surface area contributed by atoms with Gasteiger partial charge in [-0.3, -0.25) is 5.32 Å². The van der Waals surface area contributed by atoms with Gasteiger partial charge < -0.3 is 5.11 Å². The first-order valence-electron chi connectivity index (χ1n) is 4.58. The van der Waals surface area contributed by atoms with Crippen LogP contribution < -0.4 is 5.32 Å². The highest BCUT2D eigenvalue weighted by Gasteiger charge is 2.22. The van der Waals surface area contributed by atoms with E-state index in [0.717, 1.165) is 5.56 Å². The van der Waals surface area contributed by atoms with E-state index in [0.29, 0.717) is 0 Å². The summed E-state index contributed by atoms with van der Waals surface area (Å²) in [5.41, 5.74) is -0.0428. The standard InChI is InChI=1S/C11H17NO/c1-9(2)12-11(3,13)10-7-5-4-6-8-10/h4-9,12-13H,1-3H3. The first-order chi connectivity index (χ1) is 6.02. The summed E-state index contributed by atoms with van der Waals surface area (Å²) < 4.78 is 0. The number of nitrogens with one attached hydrogen (secondary N) is 1. The summed E-state index contributed by atoms with van der Waals surface area (Å²) in [7, 11) is 0. The molecule has 0 aliphatic rings. The molecule has 0 fully saturated rings. The lowest BCUT2D eigenvalue weighted by Gasteiger charge is -2.27. The van der Waals surface area contributed by atoms with Gasteiger partial charge in [0.25, 0.3) is 0 Å². The van der Waals surface area contributed by atoms with Gasteiger partial charge in [0.2, 0.25) is 0 Å². The lowest BCUT2D eigenvalue weighted by molar-refractivity contribution is 0.0117. The third kappa shape index (κ3) is 2.83. The molecule has 0 aliphatic carbocycles. The Kier molecular flexibility index (Phi) is 3.07. The number of aliphatic hydroxyl groups is 1. The Bertz CT molecular complexity index is 254. The fraction of sp³-hybridized carbons (Fsp3) is 0.455. The topological polar surface area (TPSA) is 32.3 Å². The Labute approximate surface area is 79.6 Å². The summed E-state index contributed by atoms with van der Waals surface area (Å²) in [6.07, 6.45) is 0. The van der Waals surface area contributed by atoms with Gasteiger partial charge in [0.15, 0.2) is 0 Å².